The van der Waals surface area contributed by atoms with Crippen molar-refractivity contribution in [1.29, 1.82) is 0 Å². The molecule has 0 fully saturated rings. The van der Waals surface area contributed by atoms with E-state index in [2.05, 4.69) is 20.9 Å². The number of nitrogens with one attached hydrogen (secondary N) is 3. The third-order valence-electron chi connectivity index (χ3n) is 7.01. The highest BCUT2D eigenvalue weighted by molar-refractivity contribution is 8.00. The Morgan fingerprint density at radius 2 is 1.54 bits per heavy atom. The Bertz CT molecular complexity index is 1900. The lowest BCUT2D eigenvalue weighted by atomic mass is 10.1. The van der Waals surface area contributed by atoms with E-state index >= 15 is 0 Å². The van der Waals surface area contributed by atoms with E-state index in [1.807, 2.05) is 94.4 Å². The fraction of sp³-hybridized carbons (Fsp3) is 0.135. The van der Waals surface area contributed by atoms with Crippen molar-refractivity contribution in [2.75, 3.05) is 10.6 Å². The van der Waals surface area contributed by atoms with Crippen LogP contribution in [0.25, 0.3) is 17.3 Å². The van der Waals surface area contributed by atoms with Gasteiger partial charge in [-0.1, -0.05) is 83.9 Å². The number of carbonyl (C=O) groups is 3. The van der Waals surface area contributed by atoms with E-state index in [0.717, 1.165) is 32.2 Å². The predicted octanol–water partition coefficient (Wildman–Crippen LogP) is 8.26. The average Bonchev–Trinajstić information content (AvgIpc) is 3.41. The van der Waals surface area contributed by atoms with E-state index in [1.54, 1.807) is 42.5 Å². The molecule has 0 bridgehead atoms. The Morgan fingerprint density at radius 1 is 0.804 bits per heavy atom. The van der Waals surface area contributed by atoms with Gasteiger partial charge < -0.3 is 16.0 Å². The first-order valence-electron chi connectivity index (χ1n) is 14.7. The van der Waals surface area contributed by atoms with Crippen molar-refractivity contribution >= 4 is 57.7 Å². The molecule has 0 radical (unpaired) electrons. The number of carbonyl (C=O) groups excluding carboxylic acids is 3. The summed E-state index contributed by atoms with van der Waals surface area (Å²) in [6, 6.07) is 31.8. The van der Waals surface area contributed by atoms with Crippen LogP contribution in [0.5, 0.6) is 0 Å². The molecule has 3 N–H and O–H groups in total. The number of aromatic nitrogens is 1. The van der Waals surface area contributed by atoms with Gasteiger partial charge in [-0.25, -0.2) is 4.98 Å². The first kappa shape index (κ1) is 32.4. The number of benzene rings is 4. The van der Waals surface area contributed by atoms with Gasteiger partial charge >= 0.3 is 0 Å². The molecule has 0 aliphatic carbocycles. The summed E-state index contributed by atoms with van der Waals surface area (Å²) in [6.45, 7) is 7.83. The summed E-state index contributed by atoms with van der Waals surface area (Å²) in [5.74, 6) is -1.03. The zero-order valence-electron chi connectivity index (χ0n) is 26.0. The Labute approximate surface area is 277 Å². The van der Waals surface area contributed by atoms with Crippen molar-refractivity contribution in [1.82, 2.24) is 10.3 Å². The minimum atomic E-state index is -0.470. The third kappa shape index (κ3) is 8.59. The molecule has 0 aliphatic rings. The number of thiazole rings is 1. The highest BCUT2D eigenvalue weighted by Crippen LogP contribution is 2.32. The van der Waals surface area contributed by atoms with Gasteiger partial charge in [0, 0.05) is 26.6 Å². The third-order valence-corrected chi connectivity index (χ3v) is 8.99. The second-order valence-corrected chi connectivity index (χ2v) is 13.4. The van der Waals surface area contributed by atoms with E-state index in [0.29, 0.717) is 16.4 Å². The first-order valence-corrected chi connectivity index (χ1v) is 16.4. The summed E-state index contributed by atoms with van der Waals surface area (Å²) in [5.41, 5.74) is 5.94. The molecule has 1 unspecified atom stereocenters. The zero-order chi connectivity index (χ0) is 32.6. The molecule has 3 amide bonds. The van der Waals surface area contributed by atoms with E-state index in [-0.39, 0.29) is 17.5 Å². The molecule has 5 aromatic rings. The van der Waals surface area contributed by atoms with Gasteiger partial charge in [0.2, 0.25) is 5.91 Å². The number of amides is 3. The molecule has 7 nitrogen and oxygen atoms in total. The average molecular weight is 647 g/mol. The minimum Gasteiger partial charge on any atom is -0.321 e. The lowest BCUT2D eigenvalue weighted by Gasteiger charge is -2.14. The predicted molar refractivity (Wildman–Crippen MR) is 189 cm³/mol. The SMILES string of the molecule is Cc1ccc(-c2nc(NC(=O)C(C)Sc3cccc(NC(=O)/C(=C\c4cccc(C)c4)NC(=O)c4ccccc4)c3)sc2C)cc1. The van der Waals surface area contributed by atoms with Crippen LogP contribution in [0.1, 0.15) is 38.8 Å². The van der Waals surface area contributed by atoms with Crippen LogP contribution in [0.15, 0.2) is 114 Å². The van der Waals surface area contributed by atoms with Gasteiger partial charge in [-0.15, -0.1) is 23.1 Å². The molecule has 1 heterocycles. The number of anilines is 2. The van der Waals surface area contributed by atoms with Gasteiger partial charge in [-0.2, -0.15) is 0 Å². The van der Waals surface area contributed by atoms with Gasteiger partial charge in [0.1, 0.15) is 5.70 Å². The highest BCUT2D eigenvalue weighted by atomic mass is 32.2. The second-order valence-electron chi connectivity index (χ2n) is 10.8. The molecule has 4 aromatic carbocycles. The van der Waals surface area contributed by atoms with E-state index in [9.17, 15) is 14.4 Å². The smallest absolute Gasteiger partial charge is 0.272 e. The van der Waals surface area contributed by atoms with Crippen molar-refractivity contribution in [3.63, 3.8) is 0 Å². The standard InChI is InChI=1S/C37H34N4O3S2/c1-23-16-18-28(19-17-23)33-25(3)46-37(40-33)41-34(42)26(4)45-31-15-9-14-30(22-31)38-36(44)32(21-27-11-8-10-24(2)20-27)39-35(43)29-12-6-5-7-13-29/h5-22,26H,1-4H3,(H,38,44)(H,39,43)(H,40,41,42)/b32-21+. The Kier molecular flexibility index (Phi) is 10.5. The van der Waals surface area contributed by atoms with Gasteiger partial charge in [0.15, 0.2) is 5.13 Å². The fourth-order valence-corrected chi connectivity index (χ4v) is 6.37. The molecular weight excluding hydrogens is 613 g/mol. The van der Waals surface area contributed by atoms with Gasteiger partial charge in [0.05, 0.1) is 10.9 Å². The van der Waals surface area contributed by atoms with E-state index < -0.39 is 11.2 Å². The molecule has 5 rings (SSSR count). The Hall–Kier alpha value is -4.99. The lowest BCUT2D eigenvalue weighted by molar-refractivity contribution is -0.115. The largest absolute Gasteiger partial charge is 0.321 e. The molecule has 232 valence electrons. The molecule has 0 spiro atoms. The molecule has 0 saturated carbocycles. The summed E-state index contributed by atoms with van der Waals surface area (Å²) in [6.07, 6.45) is 1.65. The summed E-state index contributed by atoms with van der Waals surface area (Å²) in [4.78, 5) is 46.1. The van der Waals surface area contributed by atoms with Crippen molar-refractivity contribution < 1.29 is 14.4 Å². The van der Waals surface area contributed by atoms with Crippen LogP contribution >= 0.6 is 23.1 Å². The zero-order valence-corrected chi connectivity index (χ0v) is 27.6. The molecule has 46 heavy (non-hydrogen) atoms. The van der Waals surface area contributed by atoms with Crippen LogP contribution in [0.2, 0.25) is 0 Å². The molecular formula is C37H34N4O3S2. The maximum Gasteiger partial charge on any atom is 0.272 e. The monoisotopic (exact) mass is 646 g/mol. The maximum absolute atomic E-state index is 13.5. The van der Waals surface area contributed by atoms with Crippen LogP contribution in [-0.2, 0) is 9.59 Å². The van der Waals surface area contributed by atoms with E-state index in [1.165, 1.54) is 28.7 Å². The maximum atomic E-state index is 13.5. The van der Waals surface area contributed by atoms with Crippen LogP contribution < -0.4 is 16.0 Å². The van der Waals surface area contributed by atoms with Crippen LogP contribution in [0.4, 0.5) is 10.8 Å². The number of nitrogens with zero attached hydrogens (tertiary/aromatic N) is 1. The van der Waals surface area contributed by atoms with Crippen LogP contribution in [-0.4, -0.2) is 28.0 Å². The van der Waals surface area contributed by atoms with Crippen molar-refractivity contribution in [2.24, 2.45) is 0 Å². The van der Waals surface area contributed by atoms with Gasteiger partial charge in [-0.05, 0) is 69.7 Å². The number of thioether (sulfide) groups is 1. The highest BCUT2D eigenvalue weighted by Gasteiger charge is 2.19. The summed E-state index contributed by atoms with van der Waals surface area (Å²) in [5, 5.41) is 8.75. The first-order chi connectivity index (χ1) is 22.1. The topological polar surface area (TPSA) is 100 Å². The summed E-state index contributed by atoms with van der Waals surface area (Å²) in [7, 11) is 0. The molecule has 0 aliphatic heterocycles. The normalized spacial score (nSPS) is 11.9. The number of hydrogen-bond acceptors (Lipinski definition) is 6. The van der Waals surface area contributed by atoms with Crippen LogP contribution in [0, 0.1) is 20.8 Å². The van der Waals surface area contributed by atoms with Crippen molar-refractivity contribution in [3.05, 3.63) is 136 Å². The number of hydrogen-bond donors (Lipinski definition) is 3. The van der Waals surface area contributed by atoms with E-state index in [4.69, 9.17) is 0 Å². The summed E-state index contributed by atoms with van der Waals surface area (Å²) < 4.78 is 0. The van der Waals surface area contributed by atoms with Gasteiger partial charge in [0.25, 0.3) is 11.8 Å². The van der Waals surface area contributed by atoms with Crippen LogP contribution in [0.3, 0.4) is 0 Å². The molecule has 0 saturated heterocycles. The molecule has 1 aromatic heterocycles. The lowest BCUT2D eigenvalue weighted by Crippen LogP contribution is -2.30. The molecule has 1 atom stereocenters. The Balaban J connectivity index is 1.26. The Morgan fingerprint density at radius 3 is 2.28 bits per heavy atom. The summed E-state index contributed by atoms with van der Waals surface area (Å²) >= 11 is 2.82. The minimum absolute atomic E-state index is 0.106. The number of aryl methyl sites for hydroxylation is 3. The fourth-order valence-electron chi connectivity index (χ4n) is 4.61. The second kappa shape index (κ2) is 14.9. The van der Waals surface area contributed by atoms with Crippen molar-refractivity contribution in [2.45, 2.75) is 37.8 Å². The number of rotatable bonds is 10. The van der Waals surface area contributed by atoms with Crippen molar-refractivity contribution in [3.8, 4) is 11.3 Å². The molecule has 9 heteroatoms. The quantitative estimate of drug-likeness (QED) is 0.105. The van der Waals surface area contributed by atoms with Gasteiger partial charge in [-0.3, -0.25) is 14.4 Å².